The van der Waals surface area contributed by atoms with Crippen LogP contribution < -0.4 is 9.62 Å². The molecule has 8 heteroatoms. The molecule has 0 saturated carbocycles. The number of nitrogens with one attached hydrogen (secondary N) is 1. The van der Waals surface area contributed by atoms with Gasteiger partial charge in [0.15, 0.2) is 0 Å². The Bertz CT molecular complexity index is 1360. The van der Waals surface area contributed by atoms with Crippen molar-refractivity contribution >= 4 is 61.7 Å². The Kier molecular flexibility index (Phi) is 8.48. The van der Waals surface area contributed by atoms with E-state index in [1.54, 1.807) is 42.1 Å². The number of benzene rings is 4. The van der Waals surface area contributed by atoms with Crippen molar-refractivity contribution in [3.63, 3.8) is 0 Å². The van der Waals surface area contributed by atoms with Gasteiger partial charge in [0.25, 0.3) is 10.0 Å². The second-order valence-electron chi connectivity index (χ2n) is 7.65. The second-order valence-corrected chi connectivity index (χ2v) is 11.8. The number of carbonyl (C=O) groups excluding carboxylic acids is 1. The standard InChI is InChI=1S/C27H23IN2O3S2/c28-22-13-17-24(18-14-22)30(35(32,33)26-9-5-2-6-10-26)19-27(31)29-23-15-11-21(12-16-23)20-34-25-7-3-1-4-8-25/h1-18H,19-20H2,(H,29,31). The van der Waals surface area contributed by atoms with Crippen LogP contribution in [0, 0.1) is 3.57 Å². The summed E-state index contributed by atoms with van der Waals surface area (Å²) in [6.07, 6.45) is 0. The number of carbonyl (C=O) groups is 1. The first-order valence-corrected chi connectivity index (χ1v) is 14.3. The third kappa shape index (κ3) is 6.87. The van der Waals surface area contributed by atoms with Crippen LogP contribution in [0.15, 0.2) is 119 Å². The quantitative estimate of drug-likeness (QED) is 0.175. The fourth-order valence-corrected chi connectivity index (χ4v) is 6.02. The van der Waals surface area contributed by atoms with E-state index in [0.717, 1.165) is 19.2 Å². The van der Waals surface area contributed by atoms with E-state index in [1.165, 1.54) is 17.0 Å². The van der Waals surface area contributed by atoms with Gasteiger partial charge in [-0.05, 0) is 88.8 Å². The average Bonchev–Trinajstić information content (AvgIpc) is 2.88. The van der Waals surface area contributed by atoms with Gasteiger partial charge in [-0.3, -0.25) is 9.10 Å². The minimum atomic E-state index is -3.93. The Hall–Kier alpha value is -2.82. The number of nitrogens with zero attached hydrogens (tertiary/aromatic N) is 1. The zero-order valence-corrected chi connectivity index (χ0v) is 22.5. The molecular formula is C27H23IN2O3S2. The number of hydrogen-bond acceptors (Lipinski definition) is 4. The first kappa shape index (κ1) is 25.3. The molecule has 35 heavy (non-hydrogen) atoms. The summed E-state index contributed by atoms with van der Waals surface area (Å²) in [7, 11) is -3.93. The lowest BCUT2D eigenvalue weighted by Crippen LogP contribution is -2.38. The molecule has 0 aromatic heterocycles. The van der Waals surface area contributed by atoms with Gasteiger partial charge in [0, 0.05) is 19.9 Å². The molecule has 0 radical (unpaired) electrons. The highest BCUT2D eigenvalue weighted by Gasteiger charge is 2.27. The van der Waals surface area contributed by atoms with Crippen molar-refractivity contribution in [3.8, 4) is 0 Å². The van der Waals surface area contributed by atoms with E-state index in [2.05, 4.69) is 40.0 Å². The summed E-state index contributed by atoms with van der Waals surface area (Å²) in [5, 5.41) is 2.82. The highest BCUT2D eigenvalue weighted by molar-refractivity contribution is 14.1. The molecule has 1 amide bonds. The highest BCUT2D eigenvalue weighted by atomic mass is 127. The predicted octanol–water partition coefficient (Wildman–Crippen LogP) is 6.42. The smallest absolute Gasteiger partial charge is 0.264 e. The van der Waals surface area contributed by atoms with E-state index in [1.807, 2.05) is 54.6 Å². The average molecular weight is 615 g/mol. The number of hydrogen-bond donors (Lipinski definition) is 1. The summed E-state index contributed by atoms with van der Waals surface area (Å²) in [5.74, 6) is 0.392. The summed E-state index contributed by atoms with van der Waals surface area (Å²) in [5.41, 5.74) is 2.17. The lowest BCUT2D eigenvalue weighted by atomic mass is 10.2. The van der Waals surface area contributed by atoms with Gasteiger partial charge >= 0.3 is 0 Å². The molecule has 0 aliphatic rings. The van der Waals surface area contributed by atoms with Crippen molar-refractivity contribution in [2.75, 3.05) is 16.2 Å². The van der Waals surface area contributed by atoms with Gasteiger partial charge in [-0.15, -0.1) is 11.8 Å². The molecule has 0 bridgehead atoms. The van der Waals surface area contributed by atoms with Crippen LogP contribution in [0.5, 0.6) is 0 Å². The van der Waals surface area contributed by atoms with Crippen LogP contribution in [0.25, 0.3) is 0 Å². The number of rotatable bonds is 9. The fourth-order valence-electron chi connectivity index (χ4n) is 3.34. The van der Waals surface area contributed by atoms with E-state index in [0.29, 0.717) is 11.4 Å². The molecule has 0 unspecified atom stereocenters. The van der Waals surface area contributed by atoms with Gasteiger partial charge in [-0.2, -0.15) is 0 Å². The third-order valence-electron chi connectivity index (χ3n) is 5.12. The first-order valence-electron chi connectivity index (χ1n) is 10.8. The molecule has 0 heterocycles. The number of anilines is 2. The molecule has 0 aliphatic carbocycles. The Balaban J connectivity index is 1.46. The van der Waals surface area contributed by atoms with Gasteiger partial charge in [0.2, 0.25) is 5.91 Å². The Morgan fingerprint density at radius 2 is 1.40 bits per heavy atom. The third-order valence-corrected chi connectivity index (χ3v) is 8.71. The number of halogens is 1. The predicted molar refractivity (Wildman–Crippen MR) is 151 cm³/mol. The van der Waals surface area contributed by atoms with Crippen LogP contribution in [0.2, 0.25) is 0 Å². The van der Waals surface area contributed by atoms with Crippen LogP contribution >= 0.6 is 34.4 Å². The summed E-state index contributed by atoms with van der Waals surface area (Å²) in [6, 6.07) is 32.9. The zero-order valence-electron chi connectivity index (χ0n) is 18.7. The SMILES string of the molecule is O=C(CN(c1ccc(I)cc1)S(=O)(=O)c1ccccc1)Nc1ccc(CSc2ccccc2)cc1. The minimum absolute atomic E-state index is 0.131. The molecule has 4 aromatic carbocycles. The van der Waals surface area contributed by atoms with Crippen molar-refractivity contribution in [1.82, 2.24) is 0 Å². The van der Waals surface area contributed by atoms with Crippen molar-refractivity contribution in [1.29, 1.82) is 0 Å². The van der Waals surface area contributed by atoms with Crippen molar-refractivity contribution in [3.05, 3.63) is 118 Å². The molecule has 0 fully saturated rings. The fraction of sp³-hybridized carbons (Fsp3) is 0.0741. The van der Waals surface area contributed by atoms with Gasteiger partial charge in [0.1, 0.15) is 6.54 Å². The summed E-state index contributed by atoms with van der Waals surface area (Å²) >= 11 is 3.90. The molecular weight excluding hydrogens is 591 g/mol. The minimum Gasteiger partial charge on any atom is -0.325 e. The lowest BCUT2D eigenvalue weighted by Gasteiger charge is -2.24. The van der Waals surface area contributed by atoms with E-state index < -0.39 is 15.9 Å². The molecule has 0 saturated heterocycles. The number of sulfonamides is 1. The molecule has 0 aliphatic heterocycles. The molecule has 4 rings (SSSR count). The molecule has 5 nitrogen and oxygen atoms in total. The largest absolute Gasteiger partial charge is 0.325 e. The Morgan fingerprint density at radius 3 is 2.03 bits per heavy atom. The van der Waals surface area contributed by atoms with Crippen LogP contribution in [-0.2, 0) is 20.6 Å². The summed E-state index contributed by atoms with van der Waals surface area (Å²) in [6.45, 7) is -0.344. The molecule has 4 aromatic rings. The molecule has 178 valence electrons. The summed E-state index contributed by atoms with van der Waals surface area (Å²) < 4.78 is 28.9. The summed E-state index contributed by atoms with van der Waals surface area (Å²) in [4.78, 5) is 14.2. The van der Waals surface area contributed by atoms with Crippen molar-refractivity contribution in [2.45, 2.75) is 15.5 Å². The maximum atomic E-state index is 13.4. The molecule has 0 spiro atoms. The Morgan fingerprint density at radius 1 is 0.800 bits per heavy atom. The number of amides is 1. The lowest BCUT2D eigenvalue weighted by molar-refractivity contribution is -0.114. The van der Waals surface area contributed by atoms with E-state index >= 15 is 0 Å². The monoisotopic (exact) mass is 614 g/mol. The molecule has 0 atom stereocenters. The first-order chi connectivity index (χ1) is 16.9. The highest BCUT2D eigenvalue weighted by Crippen LogP contribution is 2.25. The van der Waals surface area contributed by atoms with Crippen LogP contribution in [0.4, 0.5) is 11.4 Å². The topological polar surface area (TPSA) is 66.5 Å². The maximum absolute atomic E-state index is 13.4. The van der Waals surface area contributed by atoms with E-state index in [-0.39, 0.29) is 11.4 Å². The van der Waals surface area contributed by atoms with E-state index in [4.69, 9.17) is 0 Å². The van der Waals surface area contributed by atoms with Gasteiger partial charge in [0.05, 0.1) is 10.6 Å². The van der Waals surface area contributed by atoms with Gasteiger partial charge < -0.3 is 5.32 Å². The second kappa shape index (κ2) is 11.7. The van der Waals surface area contributed by atoms with Crippen LogP contribution in [-0.4, -0.2) is 20.9 Å². The van der Waals surface area contributed by atoms with E-state index in [9.17, 15) is 13.2 Å². The van der Waals surface area contributed by atoms with Gasteiger partial charge in [-0.1, -0.05) is 48.5 Å². The Labute approximate surface area is 223 Å². The molecule has 1 N–H and O–H groups in total. The number of thioether (sulfide) groups is 1. The normalized spacial score (nSPS) is 11.1. The van der Waals surface area contributed by atoms with Crippen molar-refractivity contribution in [2.24, 2.45) is 0 Å². The maximum Gasteiger partial charge on any atom is 0.264 e. The van der Waals surface area contributed by atoms with Crippen molar-refractivity contribution < 1.29 is 13.2 Å². The van der Waals surface area contributed by atoms with Crippen LogP contribution in [0.1, 0.15) is 5.56 Å². The van der Waals surface area contributed by atoms with Crippen LogP contribution in [0.3, 0.4) is 0 Å². The van der Waals surface area contributed by atoms with Gasteiger partial charge in [-0.25, -0.2) is 8.42 Å². The zero-order chi connectivity index (χ0) is 24.7.